The van der Waals surface area contributed by atoms with Crippen LogP contribution in [0.25, 0.3) is 6.08 Å². The van der Waals surface area contributed by atoms with Crippen LogP contribution < -0.4 is 19.6 Å². The van der Waals surface area contributed by atoms with Crippen molar-refractivity contribution >= 4 is 39.3 Å². The number of carbonyl (C=O) groups excluding carboxylic acids is 1. The minimum Gasteiger partial charge on any atom is -0.488 e. The lowest BCUT2D eigenvalue weighted by atomic mass is 9.95. The molecule has 0 radical (unpaired) electrons. The van der Waals surface area contributed by atoms with E-state index in [1.165, 1.54) is 18.4 Å². The van der Waals surface area contributed by atoms with Crippen molar-refractivity contribution in [3.8, 4) is 11.8 Å². The molecule has 9 heteroatoms. The summed E-state index contributed by atoms with van der Waals surface area (Å²) < 4.78 is 14.1. The summed E-state index contributed by atoms with van der Waals surface area (Å²) in [5.41, 5.74) is 3.72. The number of methoxy groups -OCH3 is 1. The van der Waals surface area contributed by atoms with Gasteiger partial charge < -0.3 is 9.47 Å². The quantitative estimate of drug-likeness (QED) is 0.273. The summed E-state index contributed by atoms with van der Waals surface area (Å²) in [5, 5.41) is 9.04. The molecule has 1 atom stereocenters. The summed E-state index contributed by atoms with van der Waals surface area (Å²) in [4.78, 5) is 32.1. The molecule has 200 valence electrons. The van der Waals surface area contributed by atoms with E-state index in [2.05, 4.69) is 22.0 Å². The smallest absolute Gasteiger partial charge is 0.338 e. The van der Waals surface area contributed by atoms with Crippen LogP contribution in [0.3, 0.4) is 0 Å². The van der Waals surface area contributed by atoms with E-state index in [4.69, 9.17) is 19.7 Å². The van der Waals surface area contributed by atoms with Crippen molar-refractivity contribution in [2.45, 2.75) is 26.0 Å². The molecule has 5 rings (SSSR count). The Bertz CT molecular complexity index is 1830. The van der Waals surface area contributed by atoms with Gasteiger partial charge in [0.2, 0.25) is 0 Å². The van der Waals surface area contributed by atoms with Crippen molar-refractivity contribution in [3.05, 3.63) is 130 Å². The van der Waals surface area contributed by atoms with Crippen molar-refractivity contribution in [2.75, 3.05) is 7.11 Å². The Labute approximate surface area is 243 Å². The first kappa shape index (κ1) is 27.3. The second-order valence-corrected chi connectivity index (χ2v) is 10.9. The van der Waals surface area contributed by atoms with E-state index in [1.807, 2.05) is 67.6 Å². The van der Waals surface area contributed by atoms with E-state index < -0.39 is 12.0 Å². The highest BCUT2D eigenvalue weighted by Crippen LogP contribution is 2.32. The van der Waals surface area contributed by atoms with Crippen molar-refractivity contribution in [1.29, 1.82) is 5.26 Å². The number of thiazole rings is 1. The number of hydrogen-bond acceptors (Lipinski definition) is 7. The predicted molar refractivity (Wildman–Crippen MR) is 156 cm³/mol. The number of allylic oxidation sites excluding steroid dienone is 1. The van der Waals surface area contributed by atoms with Gasteiger partial charge in [0.25, 0.3) is 5.56 Å². The first-order valence-corrected chi connectivity index (χ1v) is 14.1. The maximum absolute atomic E-state index is 13.9. The highest BCUT2D eigenvalue weighted by molar-refractivity contribution is 9.10. The molecule has 0 saturated carbocycles. The van der Waals surface area contributed by atoms with Crippen molar-refractivity contribution in [3.63, 3.8) is 0 Å². The third kappa shape index (κ3) is 5.41. The lowest BCUT2D eigenvalue weighted by Crippen LogP contribution is -2.40. The first-order valence-electron chi connectivity index (χ1n) is 12.5. The van der Waals surface area contributed by atoms with Crippen molar-refractivity contribution in [2.24, 2.45) is 4.99 Å². The van der Waals surface area contributed by atoms with Crippen LogP contribution in [0, 0.1) is 11.3 Å². The number of aromatic nitrogens is 1. The molecule has 0 amide bonds. The molecule has 4 aromatic rings. The molecule has 1 aromatic heterocycles. The standard InChI is InChI=1S/C31H24BrN3O4S/c1-3-24-27(30(37)38-2)28(21-7-5-4-6-8-21)35-29(36)26(40-31(35)34-24)16-22-15-23(32)13-14-25(22)39-18-20-11-9-19(17-33)10-12-20/h4-16,28H,3,18H2,1-2H3/b26-16+/t28-/m1/s1. The van der Waals surface area contributed by atoms with Crippen LogP contribution in [0.15, 0.2) is 98.3 Å². The van der Waals surface area contributed by atoms with Crippen molar-refractivity contribution < 1.29 is 14.3 Å². The van der Waals surface area contributed by atoms with Gasteiger partial charge >= 0.3 is 5.97 Å². The molecule has 0 spiro atoms. The molecule has 0 bridgehead atoms. The van der Waals surface area contributed by atoms with Gasteiger partial charge in [-0.2, -0.15) is 5.26 Å². The normalized spacial score (nSPS) is 14.8. The van der Waals surface area contributed by atoms with Gasteiger partial charge in [0.1, 0.15) is 12.4 Å². The summed E-state index contributed by atoms with van der Waals surface area (Å²) in [5.74, 6) is 0.0942. The van der Waals surface area contributed by atoms with E-state index >= 15 is 0 Å². The maximum atomic E-state index is 13.9. The van der Waals surface area contributed by atoms with Gasteiger partial charge in [-0.15, -0.1) is 0 Å². The molecule has 1 aliphatic heterocycles. The fourth-order valence-electron chi connectivity index (χ4n) is 4.56. The highest BCUT2D eigenvalue weighted by atomic mass is 79.9. The molecule has 0 N–H and O–H groups in total. The van der Waals surface area contributed by atoms with Crippen LogP contribution >= 0.6 is 27.3 Å². The Morgan fingerprint density at radius 2 is 1.90 bits per heavy atom. The summed E-state index contributed by atoms with van der Waals surface area (Å²) in [6.45, 7) is 2.23. The summed E-state index contributed by atoms with van der Waals surface area (Å²) >= 11 is 4.79. The topological polar surface area (TPSA) is 93.7 Å². The van der Waals surface area contributed by atoms with E-state index in [0.717, 1.165) is 15.6 Å². The van der Waals surface area contributed by atoms with Crippen LogP contribution in [0.5, 0.6) is 5.75 Å². The minimum absolute atomic E-state index is 0.257. The molecule has 0 saturated heterocycles. The zero-order valence-corrected chi connectivity index (χ0v) is 24.2. The number of nitriles is 1. The number of esters is 1. The largest absolute Gasteiger partial charge is 0.488 e. The number of hydrogen-bond donors (Lipinski definition) is 0. The van der Waals surface area contributed by atoms with Crippen LogP contribution in [0.1, 0.15) is 41.6 Å². The zero-order valence-electron chi connectivity index (χ0n) is 21.8. The van der Waals surface area contributed by atoms with Crippen LogP contribution in [0.4, 0.5) is 0 Å². The molecule has 1 aliphatic rings. The Morgan fingerprint density at radius 3 is 2.58 bits per heavy atom. The summed E-state index contributed by atoms with van der Waals surface area (Å²) in [6, 6.07) is 23.7. The third-order valence-corrected chi connectivity index (χ3v) is 7.98. The number of carbonyl (C=O) groups is 1. The second kappa shape index (κ2) is 11.9. The summed E-state index contributed by atoms with van der Waals surface area (Å²) in [6.07, 6.45) is 2.30. The van der Waals surface area contributed by atoms with E-state index in [0.29, 0.717) is 50.5 Å². The molecule has 0 unspecified atom stereocenters. The molecule has 2 heterocycles. The van der Waals surface area contributed by atoms with Gasteiger partial charge in [-0.25, -0.2) is 9.79 Å². The van der Waals surface area contributed by atoms with Crippen LogP contribution in [0.2, 0.25) is 0 Å². The van der Waals surface area contributed by atoms with Gasteiger partial charge in [-0.05, 0) is 54.0 Å². The van der Waals surface area contributed by atoms with Gasteiger partial charge in [0.15, 0.2) is 4.80 Å². The molecule has 3 aromatic carbocycles. The molecule has 0 fully saturated rings. The number of halogens is 1. The van der Waals surface area contributed by atoms with Gasteiger partial charge in [-0.1, -0.05) is 76.7 Å². The Kier molecular flexibility index (Phi) is 8.10. The highest BCUT2D eigenvalue weighted by Gasteiger charge is 2.33. The Balaban J connectivity index is 1.61. The van der Waals surface area contributed by atoms with Gasteiger partial charge in [0, 0.05) is 10.0 Å². The average molecular weight is 615 g/mol. The van der Waals surface area contributed by atoms with Crippen LogP contribution in [-0.4, -0.2) is 17.6 Å². The zero-order chi connectivity index (χ0) is 28.2. The molecular weight excluding hydrogens is 590 g/mol. The fourth-order valence-corrected chi connectivity index (χ4v) is 5.95. The molecular formula is C31H24BrN3O4S. The molecule has 7 nitrogen and oxygen atoms in total. The number of fused-ring (bicyclic) bond motifs is 1. The average Bonchev–Trinajstić information content (AvgIpc) is 3.30. The third-order valence-electron chi connectivity index (χ3n) is 6.50. The Morgan fingerprint density at radius 1 is 1.15 bits per heavy atom. The Hall–Kier alpha value is -4.26. The number of benzene rings is 3. The number of ether oxygens (including phenoxy) is 2. The molecule has 0 aliphatic carbocycles. The number of nitrogens with zero attached hydrogens (tertiary/aromatic N) is 3. The van der Waals surface area contributed by atoms with Gasteiger partial charge in [-0.3, -0.25) is 9.36 Å². The second-order valence-electron chi connectivity index (χ2n) is 8.98. The fraction of sp³-hybridized carbons (Fsp3) is 0.161. The monoisotopic (exact) mass is 613 g/mol. The predicted octanol–water partition coefficient (Wildman–Crippen LogP) is 5.01. The minimum atomic E-state index is -0.656. The SMILES string of the molecule is CCC1=C(C(=O)OC)[C@@H](c2ccccc2)n2c(s/c(=C/c3cc(Br)ccc3OCc3ccc(C#N)cc3)c2=O)=N1. The van der Waals surface area contributed by atoms with Crippen molar-refractivity contribution in [1.82, 2.24) is 4.57 Å². The maximum Gasteiger partial charge on any atom is 0.338 e. The molecule has 40 heavy (non-hydrogen) atoms. The number of rotatable bonds is 7. The van der Waals surface area contributed by atoms with E-state index in [9.17, 15) is 9.59 Å². The first-order chi connectivity index (χ1) is 19.4. The van der Waals surface area contributed by atoms with E-state index in [1.54, 1.807) is 22.8 Å². The summed E-state index contributed by atoms with van der Waals surface area (Å²) in [7, 11) is 1.34. The van der Waals surface area contributed by atoms with Crippen LogP contribution in [-0.2, 0) is 16.1 Å². The van der Waals surface area contributed by atoms with Gasteiger partial charge in [0.05, 0.1) is 40.6 Å². The van der Waals surface area contributed by atoms with E-state index in [-0.39, 0.29) is 5.56 Å². The lowest BCUT2D eigenvalue weighted by molar-refractivity contribution is -0.136. The lowest BCUT2D eigenvalue weighted by Gasteiger charge is -2.25.